The highest BCUT2D eigenvalue weighted by atomic mass is 79.9. The first-order valence-corrected chi connectivity index (χ1v) is 38.3. The molecule has 4 heterocycles. The maximum Gasteiger partial charge on any atom is 0.311 e. The fraction of sp³-hybridized carbons (Fsp3) is 0.588. The van der Waals surface area contributed by atoms with Crippen molar-refractivity contribution in [3.8, 4) is 0 Å². The molecule has 290 valence electrons. The van der Waals surface area contributed by atoms with Crippen molar-refractivity contribution < 1.29 is 34.9 Å². The summed E-state index contributed by atoms with van der Waals surface area (Å²) < 4.78 is 39.6. The van der Waals surface area contributed by atoms with Crippen molar-refractivity contribution in [2.75, 3.05) is 13.1 Å². The van der Waals surface area contributed by atoms with Crippen molar-refractivity contribution in [3.05, 3.63) is 56.3 Å². The quantitative estimate of drug-likeness (QED) is 0.136. The predicted molar refractivity (Wildman–Crippen MR) is 230 cm³/mol. The van der Waals surface area contributed by atoms with Crippen LogP contribution in [0, 0.1) is 0 Å². The number of halogens is 2. The molecular weight excluding hydrogens is 893 g/mol. The van der Waals surface area contributed by atoms with E-state index in [1.807, 2.05) is 0 Å². The Hall–Kier alpha value is -0.919. The second-order valence-corrected chi connectivity index (χ2v) is 44.6. The molecular formula is C34H58Br2N2O8Si6. The lowest BCUT2D eigenvalue weighted by Crippen LogP contribution is -2.51. The van der Waals surface area contributed by atoms with Crippen LogP contribution in [0.15, 0.2) is 53.6 Å². The molecule has 0 fully saturated rings. The summed E-state index contributed by atoms with van der Waals surface area (Å²) in [6.07, 6.45) is 1.41. The molecule has 2 amide bonds. The number of amides is 2. The Kier molecular flexibility index (Phi) is 13.4. The van der Waals surface area contributed by atoms with Crippen molar-refractivity contribution in [2.24, 2.45) is 0 Å². The van der Waals surface area contributed by atoms with Crippen LogP contribution in [0.2, 0.25) is 104 Å². The van der Waals surface area contributed by atoms with Gasteiger partial charge in [-0.3, -0.25) is 9.59 Å². The average Bonchev–Trinajstić information content (AvgIpc) is 3.66. The SMILES string of the molecule is C[Si](C)(C)O[Si](C)(C)O[Si](C)(C)CCCN1C(=O)C2=C(c3ccc(Br)o3)N(CCC[Si](C)(C)O[Si](C)(C)O[Si](C)(C)C)C(=O)C2=C1c1ccc(Br)o1. The molecule has 2 aliphatic heterocycles. The van der Waals surface area contributed by atoms with Gasteiger partial charge in [-0.15, -0.1) is 0 Å². The molecule has 10 nitrogen and oxygen atoms in total. The van der Waals surface area contributed by atoms with Crippen molar-refractivity contribution in [1.29, 1.82) is 0 Å². The van der Waals surface area contributed by atoms with E-state index in [0.29, 0.717) is 69.3 Å². The van der Waals surface area contributed by atoms with Crippen molar-refractivity contribution in [2.45, 2.75) is 117 Å². The Morgan fingerprint density at radius 2 is 0.865 bits per heavy atom. The van der Waals surface area contributed by atoms with Crippen LogP contribution in [0.5, 0.6) is 0 Å². The number of hydrogen-bond acceptors (Lipinski definition) is 8. The molecule has 0 aromatic carbocycles. The van der Waals surface area contributed by atoms with Gasteiger partial charge in [-0.1, -0.05) is 0 Å². The van der Waals surface area contributed by atoms with E-state index in [1.165, 1.54) is 0 Å². The molecule has 0 N–H and O–H groups in total. The highest BCUT2D eigenvalue weighted by Crippen LogP contribution is 2.48. The molecule has 2 aliphatic rings. The molecule has 0 spiro atoms. The first-order valence-electron chi connectivity index (χ1n) is 18.0. The minimum absolute atomic E-state index is 0.234. The van der Waals surface area contributed by atoms with Crippen LogP contribution < -0.4 is 0 Å². The van der Waals surface area contributed by atoms with E-state index < -0.39 is 50.4 Å². The van der Waals surface area contributed by atoms with Crippen LogP contribution in [-0.4, -0.2) is 85.1 Å². The highest BCUT2D eigenvalue weighted by molar-refractivity contribution is 9.10. The summed E-state index contributed by atoms with van der Waals surface area (Å²) in [5.41, 5.74) is 1.69. The second kappa shape index (κ2) is 15.9. The fourth-order valence-electron chi connectivity index (χ4n) is 7.49. The topological polar surface area (TPSA) is 104 Å². The van der Waals surface area contributed by atoms with Gasteiger partial charge in [0.25, 0.3) is 11.8 Å². The van der Waals surface area contributed by atoms with Gasteiger partial charge >= 0.3 is 17.1 Å². The molecule has 0 radical (unpaired) electrons. The van der Waals surface area contributed by atoms with E-state index in [0.717, 1.165) is 12.1 Å². The minimum atomic E-state index is -2.32. The van der Waals surface area contributed by atoms with E-state index in [4.69, 9.17) is 25.3 Å². The lowest BCUT2D eigenvalue weighted by Gasteiger charge is -2.37. The third-order valence-electron chi connectivity index (χ3n) is 8.26. The summed E-state index contributed by atoms with van der Waals surface area (Å²) in [6.45, 7) is 31.3. The van der Waals surface area contributed by atoms with Gasteiger partial charge in [-0.2, -0.15) is 0 Å². The maximum absolute atomic E-state index is 14.6. The summed E-state index contributed by atoms with van der Waals surface area (Å²) in [5, 5.41) is 0. The predicted octanol–water partition coefficient (Wildman–Crippen LogP) is 10.5. The zero-order valence-corrected chi connectivity index (χ0v) is 42.6. The largest absolute Gasteiger partial charge is 0.448 e. The first-order chi connectivity index (χ1) is 23.6. The van der Waals surface area contributed by atoms with E-state index in [2.05, 4.69) is 124 Å². The number of rotatable bonds is 18. The van der Waals surface area contributed by atoms with E-state index in [-0.39, 0.29) is 11.8 Å². The Balaban J connectivity index is 1.63. The summed E-state index contributed by atoms with van der Waals surface area (Å²) in [7, 11) is -12.5. The Bertz CT molecular complexity index is 1600. The first kappa shape index (κ1) is 43.8. The molecule has 0 unspecified atom stereocenters. The molecule has 0 saturated heterocycles. The lowest BCUT2D eigenvalue weighted by molar-refractivity contribution is -0.124. The number of furan rings is 2. The van der Waals surface area contributed by atoms with Crippen LogP contribution in [0.4, 0.5) is 0 Å². The van der Waals surface area contributed by atoms with Gasteiger partial charge in [0, 0.05) is 13.1 Å². The maximum atomic E-state index is 14.6. The molecule has 0 aliphatic carbocycles. The molecule has 0 saturated carbocycles. The molecule has 0 bridgehead atoms. The number of carbonyl (C=O) groups excluding carboxylic acids is 2. The van der Waals surface area contributed by atoms with Gasteiger partial charge in [-0.25, -0.2) is 0 Å². The summed E-state index contributed by atoms with van der Waals surface area (Å²) in [6, 6.07) is 8.83. The molecule has 0 atom stereocenters. The monoisotopic (exact) mass is 948 g/mol. The number of carbonyl (C=O) groups is 2. The van der Waals surface area contributed by atoms with E-state index in [1.54, 1.807) is 34.1 Å². The highest BCUT2D eigenvalue weighted by Gasteiger charge is 2.50. The summed E-state index contributed by atoms with van der Waals surface area (Å²) in [5.74, 6) is 0.452. The van der Waals surface area contributed by atoms with Gasteiger partial charge in [0.2, 0.25) is 0 Å². The minimum Gasteiger partial charge on any atom is -0.448 e. The fourth-order valence-corrected chi connectivity index (χ4v) is 34.5. The number of hydrogen-bond donors (Lipinski definition) is 0. The Labute approximate surface area is 333 Å². The Morgan fingerprint density at radius 1 is 0.538 bits per heavy atom. The summed E-state index contributed by atoms with van der Waals surface area (Å²) >= 11 is 6.87. The van der Waals surface area contributed by atoms with E-state index >= 15 is 0 Å². The molecule has 52 heavy (non-hydrogen) atoms. The van der Waals surface area contributed by atoms with Gasteiger partial charge in [0.05, 0.1) is 11.1 Å². The molecule has 2 aromatic heterocycles. The van der Waals surface area contributed by atoms with Crippen molar-refractivity contribution in [1.82, 2.24) is 9.80 Å². The third-order valence-corrected chi connectivity index (χ3v) is 29.4. The van der Waals surface area contributed by atoms with Gasteiger partial charge in [-0.05, 0) is 173 Å². The van der Waals surface area contributed by atoms with Crippen LogP contribution in [0.1, 0.15) is 24.4 Å². The normalized spacial score (nSPS) is 16.7. The third kappa shape index (κ3) is 11.6. The molecule has 18 heteroatoms. The second-order valence-electron chi connectivity index (χ2n) is 17.7. The van der Waals surface area contributed by atoms with Crippen LogP contribution in [0.3, 0.4) is 0 Å². The Morgan fingerprint density at radius 3 is 1.13 bits per heavy atom. The number of fused-ring (bicyclic) bond motifs is 1. The van der Waals surface area contributed by atoms with Gasteiger partial charge < -0.3 is 35.1 Å². The van der Waals surface area contributed by atoms with E-state index in [9.17, 15) is 9.59 Å². The zero-order chi connectivity index (χ0) is 39.2. The van der Waals surface area contributed by atoms with Crippen LogP contribution in [0.25, 0.3) is 11.4 Å². The molecule has 2 aromatic rings. The number of nitrogens with zero attached hydrogens (tertiary/aromatic N) is 2. The van der Waals surface area contributed by atoms with Crippen molar-refractivity contribution in [3.63, 3.8) is 0 Å². The zero-order valence-electron chi connectivity index (χ0n) is 33.5. The molecule has 4 rings (SSSR count). The van der Waals surface area contributed by atoms with Crippen LogP contribution in [-0.2, 0) is 26.0 Å². The lowest BCUT2D eigenvalue weighted by atomic mass is 10.1. The van der Waals surface area contributed by atoms with Crippen LogP contribution >= 0.6 is 31.9 Å². The van der Waals surface area contributed by atoms with Gasteiger partial charge in [0.15, 0.2) is 54.1 Å². The smallest absolute Gasteiger partial charge is 0.311 e. The van der Waals surface area contributed by atoms with Gasteiger partial charge in [0.1, 0.15) is 11.4 Å². The average molecular weight is 951 g/mol. The summed E-state index contributed by atoms with van der Waals surface area (Å²) in [4.78, 5) is 32.6. The standard InChI is InChI=1S/C34H58Br2N2O8Si6/c1-47(2,3)43-51(11,12)45-49(7,8)23-15-21-37-31(25-17-19-27(35)41-25)29-30(33(37)39)32(26-18-20-28(36)42-26)38(34(29)40)22-16-24-50(9,10)46-52(13,14)44-48(4,5)6/h17-20H,15-16,21-24H2,1-14H3. The van der Waals surface area contributed by atoms with Crippen molar-refractivity contribution >= 4 is 105 Å².